The lowest BCUT2D eigenvalue weighted by Gasteiger charge is -2.34. The number of nitro groups is 1. The summed E-state index contributed by atoms with van der Waals surface area (Å²) >= 11 is 0. The van der Waals surface area contributed by atoms with E-state index in [9.17, 15) is 10.1 Å². The molecule has 16 heavy (non-hydrogen) atoms. The summed E-state index contributed by atoms with van der Waals surface area (Å²) < 4.78 is 0. The van der Waals surface area contributed by atoms with E-state index in [1.54, 1.807) is 12.1 Å². The maximum absolute atomic E-state index is 10.7. The Bertz CT molecular complexity index is 435. The van der Waals surface area contributed by atoms with Gasteiger partial charge in [-0.25, -0.2) is 0 Å². The molecule has 86 valence electrons. The number of non-ortho nitro benzene ring substituents is 1. The van der Waals surface area contributed by atoms with Gasteiger partial charge in [-0.1, -0.05) is 6.07 Å². The third-order valence-electron chi connectivity index (χ3n) is 2.98. The second-order valence-electron chi connectivity index (χ2n) is 5.14. The Hall–Kier alpha value is -1.58. The summed E-state index contributed by atoms with van der Waals surface area (Å²) in [5, 5.41) is 10.7. The van der Waals surface area contributed by atoms with Gasteiger partial charge < -0.3 is 4.90 Å². The Morgan fingerprint density at radius 2 is 2.06 bits per heavy atom. The Morgan fingerprint density at radius 1 is 1.38 bits per heavy atom. The van der Waals surface area contributed by atoms with E-state index in [2.05, 4.69) is 25.7 Å². The number of anilines is 1. The molecule has 0 spiro atoms. The molecule has 1 aromatic carbocycles. The predicted octanol–water partition coefficient (Wildman–Crippen LogP) is 2.76. The SMILES string of the molecule is CC(C)(C)N1CCc2ccc([N+](=O)[O-])cc21. The number of nitrogens with zero attached hydrogens (tertiary/aromatic N) is 2. The quantitative estimate of drug-likeness (QED) is 0.540. The topological polar surface area (TPSA) is 46.4 Å². The van der Waals surface area contributed by atoms with Crippen molar-refractivity contribution in [3.63, 3.8) is 0 Å². The van der Waals surface area contributed by atoms with Crippen molar-refractivity contribution in [2.75, 3.05) is 11.4 Å². The minimum atomic E-state index is -0.334. The zero-order chi connectivity index (χ0) is 11.9. The van der Waals surface area contributed by atoms with Crippen LogP contribution in [0.2, 0.25) is 0 Å². The molecule has 1 aliphatic rings. The van der Waals surface area contributed by atoms with Crippen LogP contribution in [-0.4, -0.2) is 17.0 Å². The number of nitro benzene ring substituents is 1. The van der Waals surface area contributed by atoms with Gasteiger partial charge in [0.25, 0.3) is 5.69 Å². The lowest BCUT2D eigenvalue weighted by atomic mass is 10.1. The Kier molecular flexibility index (Phi) is 2.37. The summed E-state index contributed by atoms with van der Waals surface area (Å²) in [5.41, 5.74) is 2.41. The first-order valence-electron chi connectivity index (χ1n) is 5.44. The second kappa shape index (κ2) is 3.47. The molecule has 2 rings (SSSR count). The Labute approximate surface area is 95.0 Å². The van der Waals surface area contributed by atoms with Crippen LogP contribution in [0.25, 0.3) is 0 Å². The first kappa shape index (κ1) is 10.9. The summed E-state index contributed by atoms with van der Waals surface area (Å²) in [4.78, 5) is 12.6. The highest BCUT2D eigenvalue weighted by molar-refractivity contribution is 5.63. The van der Waals surface area contributed by atoms with Crippen molar-refractivity contribution >= 4 is 11.4 Å². The first-order valence-corrected chi connectivity index (χ1v) is 5.44. The van der Waals surface area contributed by atoms with Gasteiger partial charge in [0.2, 0.25) is 0 Å². The summed E-state index contributed by atoms with van der Waals surface area (Å²) in [6, 6.07) is 5.15. The van der Waals surface area contributed by atoms with E-state index in [4.69, 9.17) is 0 Å². The van der Waals surface area contributed by atoms with Gasteiger partial charge >= 0.3 is 0 Å². The van der Waals surface area contributed by atoms with Crippen molar-refractivity contribution < 1.29 is 4.92 Å². The molecule has 0 saturated carbocycles. The van der Waals surface area contributed by atoms with Gasteiger partial charge in [-0.15, -0.1) is 0 Å². The summed E-state index contributed by atoms with van der Waals surface area (Å²) in [5.74, 6) is 0. The number of rotatable bonds is 1. The third-order valence-corrected chi connectivity index (χ3v) is 2.98. The van der Waals surface area contributed by atoms with Crippen LogP contribution in [0, 0.1) is 10.1 Å². The van der Waals surface area contributed by atoms with Gasteiger partial charge in [-0.2, -0.15) is 0 Å². The zero-order valence-electron chi connectivity index (χ0n) is 9.86. The molecule has 0 aliphatic carbocycles. The van der Waals surface area contributed by atoms with E-state index in [1.165, 1.54) is 5.56 Å². The molecule has 0 bridgehead atoms. The van der Waals surface area contributed by atoms with E-state index < -0.39 is 0 Å². The average molecular weight is 220 g/mol. The van der Waals surface area contributed by atoms with Crippen LogP contribution in [0.15, 0.2) is 18.2 Å². The lowest BCUT2D eigenvalue weighted by Crippen LogP contribution is -2.40. The summed E-state index contributed by atoms with van der Waals surface area (Å²) in [7, 11) is 0. The molecule has 1 aromatic rings. The van der Waals surface area contributed by atoms with Gasteiger partial charge in [0.05, 0.1) is 4.92 Å². The molecule has 4 heteroatoms. The smallest absolute Gasteiger partial charge is 0.271 e. The molecule has 1 aliphatic heterocycles. The standard InChI is InChI=1S/C12H16N2O2/c1-12(2,3)13-7-6-9-4-5-10(14(15)16)8-11(9)13/h4-5,8H,6-7H2,1-3H3. The molecular formula is C12H16N2O2. The highest BCUT2D eigenvalue weighted by Gasteiger charge is 2.29. The van der Waals surface area contributed by atoms with Crippen LogP contribution in [0.5, 0.6) is 0 Å². The average Bonchev–Trinajstić information content (AvgIpc) is 2.58. The summed E-state index contributed by atoms with van der Waals surface area (Å²) in [6.45, 7) is 7.32. The summed E-state index contributed by atoms with van der Waals surface area (Å²) in [6.07, 6.45) is 0.977. The molecule has 0 atom stereocenters. The normalized spacial score (nSPS) is 15.1. The van der Waals surface area contributed by atoms with Crippen molar-refractivity contribution in [2.24, 2.45) is 0 Å². The first-order chi connectivity index (χ1) is 7.39. The molecule has 0 fully saturated rings. The van der Waals surface area contributed by atoms with E-state index in [0.717, 1.165) is 18.7 Å². The van der Waals surface area contributed by atoms with Crippen LogP contribution in [-0.2, 0) is 6.42 Å². The monoisotopic (exact) mass is 220 g/mol. The van der Waals surface area contributed by atoms with Crippen LogP contribution < -0.4 is 4.90 Å². The maximum Gasteiger partial charge on any atom is 0.271 e. The lowest BCUT2D eigenvalue weighted by molar-refractivity contribution is -0.384. The molecule has 0 radical (unpaired) electrons. The van der Waals surface area contributed by atoms with Crippen LogP contribution >= 0.6 is 0 Å². The van der Waals surface area contributed by atoms with Crippen LogP contribution in [0.3, 0.4) is 0 Å². The fourth-order valence-corrected chi connectivity index (χ4v) is 2.18. The molecule has 0 aromatic heterocycles. The highest BCUT2D eigenvalue weighted by atomic mass is 16.6. The van der Waals surface area contributed by atoms with Gasteiger partial charge in [-0.3, -0.25) is 10.1 Å². The Morgan fingerprint density at radius 3 is 2.62 bits per heavy atom. The molecule has 0 N–H and O–H groups in total. The van der Waals surface area contributed by atoms with Gasteiger partial charge in [-0.05, 0) is 32.8 Å². The number of fused-ring (bicyclic) bond motifs is 1. The van der Waals surface area contributed by atoms with Crippen molar-refractivity contribution in [3.05, 3.63) is 33.9 Å². The molecule has 4 nitrogen and oxygen atoms in total. The number of hydrogen-bond acceptors (Lipinski definition) is 3. The molecule has 1 heterocycles. The Balaban J connectivity index is 2.45. The minimum Gasteiger partial charge on any atom is -0.366 e. The molecule has 0 saturated heterocycles. The van der Waals surface area contributed by atoms with Gasteiger partial charge in [0.1, 0.15) is 0 Å². The van der Waals surface area contributed by atoms with Gasteiger partial charge in [0.15, 0.2) is 0 Å². The minimum absolute atomic E-state index is 0.0144. The van der Waals surface area contributed by atoms with Crippen LogP contribution in [0.1, 0.15) is 26.3 Å². The van der Waals surface area contributed by atoms with Gasteiger partial charge in [0, 0.05) is 29.9 Å². The predicted molar refractivity (Wildman–Crippen MR) is 63.9 cm³/mol. The van der Waals surface area contributed by atoms with Crippen molar-refractivity contribution in [1.29, 1.82) is 0 Å². The second-order valence-corrected chi connectivity index (χ2v) is 5.14. The van der Waals surface area contributed by atoms with Crippen molar-refractivity contribution in [1.82, 2.24) is 0 Å². The third kappa shape index (κ3) is 1.75. The van der Waals surface area contributed by atoms with Crippen molar-refractivity contribution in [2.45, 2.75) is 32.7 Å². The largest absolute Gasteiger partial charge is 0.366 e. The fourth-order valence-electron chi connectivity index (χ4n) is 2.18. The van der Waals surface area contributed by atoms with Crippen LogP contribution in [0.4, 0.5) is 11.4 Å². The van der Waals surface area contributed by atoms with Crippen molar-refractivity contribution in [3.8, 4) is 0 Å². The zero-order valence-corrected chi connectivity index (χ0v) is 9.86. The molecule has 0 unspecified atom stereocenters. The fraction of sp³-hybridized carbons (Fsp3) is 0.500. The maximum atomic E-state index is 10.7. The van der Waals surface area contributed by atoms with E-state index in [0.29, 0.717) is 0 Å². The molecular weight excluding hydrogens is 204 g/mol. The van der Waals surface area contributed by atoms with E-state index in [-0.39, 0.29) is 16.1 Å². The molecule has 0 amide bonds. The van der Waals surface area contributed by atoms with E-state index >= 15 is 0 Å². The van der Waals surface area contributed by atoms with E-state index in [1.807, 2.05) is 6.07 Å². The number of benzene rings is 1. The number of hydrogen-bond donors (Lipinski definition) is 0. The highest BCUT2D eigenvalue weighted by Crippen LogP contribution is 2.35.